The lowest BCUT2D eigenvalue weighted by molar-refractivity contribution is 0.0698. The monoisotopic (exact) mass is 494 g/mol. The molecule has 0 saturated carbocycles. The summed E-state index contributed by atoms with van der Waals surface area (Å²) in [4.78, 5) is 12.4. The number of aliphatic imine (C=N–C) groups is 1. The largest absolute Gasteiger partial charge is 0.474 e. The minimum atomic E-state index is -3.73. The van der Waals surface area contributed by atoms with Crippen LogP contribution in [0.25, 0.3) is 11.9 Å². The highest BCUT2D eigenvalue weighted by molar-refractivity contribution is 7.93. The second-order valence-corrected chi connectivity index (χ2v) is 11.4. The molecule has 0 bridgehead atoms. The minimum Gasteiger partial charge on any atom is -0.474 e. The molecule has 34 heavy (non-hydrogen) atoms. The van der Waals surface area contributed by atoms with Crippen LogP contribution in [0.4, 0.5) is 8.78 Å². The molecular formula is C23H28F2N4O4S. The molecule has 8 nitrogen and oxygen atoms in total. The molecule has 2 atom stereocenters. The van der Waals surface area contributed by atoms with Gasteiger partial charge in [0.25, 0.3) is 0 Å². The minimum absolute atomic E-state index is 0.00169. The number of nitrogens with two attached hydrogens (primary N) is 1. The van der Waals surface area contributed by atoms with Crippen molar-refractivity contribution in [2.75, 3.05) is 19.5 Å². The van der Waals surface area contributed by atoms with E-state index >= 15 is 0 Å². The van der Waals surface area contributed by atoms with Gasteiger partial charge in [-0.3, -0.25) is 4.99 Å². The Labute approximate surface area is 197 Å². The van der Waals surface area contributed by atoms with Crippen molar-refractivity contribution >= 4 is 27.6 Å². The van der Waals surface area contributed by atoms with Crippen molar-refractivity contribution in [1.82, 2.24) is 9.97 Å². The molecular weight excluding hydrogens is 466 g/mol. The van der Waals surface area contributed by atoms with Gasteiger partial charge in [-0.2, -0.15) is 0 Å². The Bertz CT molecular complexity index is 1230. The van der Waals surface area contributed by atoms with E-state index in [1.807, 2.05) is 6.92 Å². The van der Waals surface area contributed by atoms with E-state index in [2.05, 4.69) is 15.0 Å². The van der Waals surface area contributed by atoms with Crippen LogP contribution < -0.4 is 10.5 Å². The number of rotatable bonds is 7. The summed E-state index contributed by atoms with van der Waals surface area (Å²) >= 11 is 0. The van der Waals surface area contributed by atoms with Crippen LogP contribution in [0.5, 0.6) is 5.88 Å². The number of methoxy groups -OCH3 is 1. The van der Waals surface area contributed by atoms with Crippen molar-refractivity contribution in [3.05, 3.63) is 53.2 Å². The van der Waals surface area contributed by atoms with Crippen LogP contribution in [0.1, 0.15) is 44.5 Å². The molecule has 0 spiro atoms. The number of amidine groups is 1. The fraction of sp³-hybridized carbons (Fsp3) is 0.435. The normalized spacial score (nSPS) is 22.7. The fourth-order valence-corrected chi connectivity index (χ4v) is 5.02. The fourth-order valence-electron chi connectivity index (χ4n) is 3.33. The van der Waals surface area contributed by atoms with Crippen molar-refractivity contribution < 1.29 is 26.7 Å². The molecule has 2 heterocycles. The number of ether oxygens (including phenoxy) is 2. The van der Waals surface area contributed by atoms with Gasteiger partial charge < -0.3 is 15.2 Å². The van der Waals surface area contributed by atoms with Gasteiger partial charge in [-0.15, -0.1) is 0 Å². The smallest absolute Gasteiger partial charge is 0.232 e. The average Bonchev–Trinajstić information content (AvgIpc) is 2.77. The molecule has 0 saturated heterocycles. The van der Waals surface area contributed by atoms with Crippen LogP contribution in [0.2, 0.25) is 0 Å². The summed E-state index contributed by atoms with van der Waals surface area (Å²) in [6.07, 6.45) is 3.51. The van der Waals surface area contributed by atoms with Crippen LogP contribution in [0.3, 0.4) is 0 Å². The molecule has 2 N–H and O–H groups in total. The van der Waals surface area contributed by atoms with E-state index in [0.717, 1.165) is 12.1 Å². The van der Waals surface area contributed by atoms with E-state index in [-0.39, 0.29) is 35.7 Å². The van der Waals surface area contributed by atoms with Crippen molar-refractivity contribution in [2.24, 2.45) is 10.7 Å². The summed E-state index contributed by atoms with van der Waals surface area (Å²) in [6, 6.07) is 3.86. The Hall–Kier alpha value is -2.92. The molecule has 11 heteroatoms. The number of nitrogens with zero attached hydrogens (tertiary/aromatic N) is 3. The van der Waals surface area contributed by atoms with E-state index in [1.54, 1.807) is 7.11 Å². The number of hydrogen-bond donors (Lipinski definition) is 1. The zero-order valence-corrected chi connectivity index (χ0v) is 20.5. The Balaban J connectivity index is 1.90. The number of benzene rings is 1. The topological polar surface area (TPSA) is 117 Å². The molecule has 184 valence electrons. The third-order valence-corrected chi connectivity index (χ3v) is 8.54. The van der Waals surface area contributed by atoms with Crippen LogP contribution in [-0.4, -0.2) is 54.5 Å². The summed E-state index contributed by atoms with van der Waals surface area (Å²) in [5.41, 5.74) is 4.73. The second kappa shape index (κ2) is 9.38. The molecule has 3 rings (SSSR count). The number of hydrogen-bond acceptors (Lipinski definition) is 8. The Morgan fingerprint density at radius 3 is 2.56 bits per heavy atom. The van der Waals surface area contributed by atoms with Gasteiger partial charge in [-0.25, -0.2) is 27.2 Å². The predicted octanol–water partition coefficient (Wildman–Crippen LogP) is 3.28. The molecule has 0 fully saturated rings. The molecule has 1 aliphatic heterocycles. The zero-order valence-electron chi connectivity index (χ0n) is 19.7. The van der Waals surface area contributed by atoms with E-state index in [1.165, 1.54) is 45.3 Å². The van der Waals surface area contributed by atoms with Crippen LogP contribution in [-0.2, 0) is 20.1 Å². The first-order valence-electron chi connectivity index (χ1n) is 10.5. The maximum atomic E-state index is 14.8. The average molecular weight is 495 g/mol. The Morgan fingerprint density at radius 1 is 1.26 bits per heavy atom. The molecule has 0 radical (unpaired) electrons. The predicted molar refractivity (Wildman–Crippen MR) is 126 cm³/mol. The quantitative estimate of drug-likeness (QED) is 0.628. The molecule has 1 unspecified atom stereocenters. The maximum Gasteiger partial charge on any atom is 0.232 e. The van der Waals surface area contributed by atoms with Gasteiger partial charge in [-0.1, -0.05) is 6.07 Å². The van der Waals surface area contributed by atoms with Gasteiger partial charge in [-0.05, 0) is 51.5 Å². The summed E-state index contributed by atoms with van der Waals surface area (Å²) in [5.74, 6) is -1.71. The highest BCUT2D eigenvalue weighted by atomic mass is 32.2. The first-order valence-corrected chi connectivity index (χ1v) is 12.2. The summed E-state index contributed by atoms with van der Waals surface area (Å²) < 4.78 is 64.3. The SMILES string of the molecule is COC(C)COc1cnc(/C(F)=C/c2ccc(F)c([C@]3(C)CS(=O)(=O)C(C)(C)C(N)=N3)c2)cn1. The molecule has 1 aliphatic rings. The standard InChI is InChI=1S/C23H28F2N4O4S/c1-14(32-5)12-33-20-11-27-19(10-28-20)18(25)9-15-6-7-17(24)16(8-15)23(4)13-34(30,31)22(2,3)21(26)29-23/h6-11,14H,12-13H2,1-5H3,(H2,26,29)/b18-9-/t14?,23-/m0/s1. The van der Waals surface area contributed by atoms with Gasteiger partial charge in [0.05, 0.1) is 24.3 Å². The van der Waals surface area contributed by atoms with Gasteiger partial charge in [0.15, 0.2) is 15.7 Å². The van der Waals surface area contributed by atoms with E-state index in [0.29, 0.717) is 5.56 Å². The highest BCUT2D eigenvalue weighted by Crippen LogP contribution is 2.38. The molecule has 0 aliphatic carbocycles. The summed E-state index contributed by atoms with van der Waals surface area (Å²) in [6.45, 7) is 6.50. The molecule has 2 aromatic rings. The van der Waals surface area contributed by atoms with Gasteiger partial charge in [0.2, 0.25) is 5.88 Å². The van der Waals surface area contributed by atoms with Crippen LogP contribution >= 0.6 is 0 Å². The van der Waals surface area contributed by atoms with E-state index in [4.69, 9.17) is 15.2 Å². The number of aromatic nitrogens is 2. The van der Waals surface area contributed by atoms with Crippen molar-refractivity contribution in [2.45, 2.75) is 44.1 Å². The van der Waals surface area contributed by atoms with E-state index < -0.39 is 37.5 Å². The van der Waals surface area contributed by atoms with Crippen LogP contribution in [0.15, 0.2) is 35.6 Å². The summed E-state index contributed by atoms with van der Waals surface area (Å²) in [5, 5.41) is 0. The number of sulfone groups is 1. The molecule has 1 aromatic carbocycles. The van der Waals surface area contributed by atoms with Crippen molar-refractivity contribution in [3.63, 3.8) is 0 Å². The van der Waals surface area contributed by atoms with Gasteiger partial charge in [0.1, 0.15) is 34.2 Å². The number of halogens is 2. The van der Waals surface area contributed by atoms with E-state index in [9.17, 15) is 17.2 Å². The molecule has 0 amide bonds. The Kier molecular flexibility index (Phi) is 7.09. The van der Waals surface area contributed by atoms with Crippen molar-refractivity contribution in [1.29, 1.82) is 0 Å². The van der Waals surface area contributed by atoms with Gasteiger partial charge >= 0.3 is 0 Å². The third-order valence-electron chi connectivity index (χ3n) is 5.84. The third kappa shape index (κ3) is 5.10. The lowest BCUT2D eigenvalue weighted by atomic mass is 9.91. The first-order chi connectivity index (χ1) is 15.8. The molecule has 1 aromatic heterocycles. The zero-order chi connectivity index (χ0) is 25.3. The highest BCUT2D eigenvalue weighted by Gasteiger charge is 2.49. The second-order valence-electron chi connectivity index (χ2n) is 8.87. The Morgan fingerprint density at radius 2 is 1.97 bits per heavy atom. The maximum absolute atomic E-state index is 14.8. The lowest BCUT2D eigenvalue weighted by Crippen LogP contribution is -2.55. The van der Waals surface area contributed by atoms with Crippen molar-refractivity contribution in [3.8, 4) is 5.88 Å². The van der Waals surface area contributed by atoms with Gasteiger partial charge in [0, 0.05) is 12.7 Å². The van der Waals surface area contributed by atoms with Crippen LogP contribution in [0, 0.1) is 5.82 Å². The first kappa shape index (κ1) is 25.7. The summed E-state index contributed by atoms with van der Waals surface area (Å²) in [7, 11) is -2.17. The lowest BCUT2D eigenvalue weighted by Gasteiger charge is -2.38.